The maximum Gasteiger partial charge on any atom is 0.269 e. The maximum absolute atomic E-state index is 11.7. The molecule has 1 aromatic rings. The van der Waals surface area contributed by atoms with Gasteiger partial charge in [-0.05, 0) is 32.3 Å². The normalized spacial score (nSPS) is 8.37. The van der Waals surface area contributed by atoms with Crippen LogP contribution in [0.15, 0.2) is 54.4 Å². The minimum absolute atomic E-state index is 0.169. The Balaban J connectivity index is 0. The molecule has 0 amide bonds. The Morgan fingerprint density at radius 1 is 1.00 bits per heavy atom. The van der Waals surface area contributed by atoms with Gasteiger partial charge in [0, 0.05) is 12.1 Å². The molecule has 0 aliphatic rings. The molecule has 3 heteroatoms. The molecule has 0 atom stereocenters. The van der Waals surface area contributed by atoms with E-state index in [4.69, 9.17) is 0 Å². The number of allylic oxidation sites excluding steroid dienone is 2. The molecule has 0 aliphatic carbocycles. The molecule has 1 aromatic heterocycles. The zero-order chi connectivity index (χ0) is 15.3. The molecule has 1 heterocycles. The third-order valence-electron chi connectivity index (χ3n) is 2.11. The SMILES string of the molecule is C=C(C)CCC(C)=C(F)F.CC.C[n+]1ccccc1. The van der Waals surface area contributed by atoms with Crippen molar-refractivity contribution in [2.24, 2.45) is 7.05 Å². The molecule has 19 heavy (non-hydrogen) atoms. The molecule has 0 N–H and O–H groups in total. The van der Waals surface area contributed by atoms with E-state index in [1.54, 1.807) is 0 Å². The van der Waals surface area contributed by atoms with E-state index in [-0.39, 0.29) is 5.57 Å². The van der Waals surface area contributed by atoms with Gasteiger partial charge < -0.3 is 0 Å². The van der Waals surface area contributed by atoms with E-state index in [0.29, 0.717) is 12.8 Å². The van der Waals surface area contributed by atoms with Crippen LogP contribution in [-0.4, -0.2) is 0 Å². The molecular formula is C16H26F2N+. The van der Waals surface area contributed by atoms with Crippen molar-refractivity contribution in [3.63, 3.8) is 0 Å². The van der Waals surface area contributed by atoms with Crippen LogP contribution in [0.5, 0.6) is 0 Å². The van der Waals surface area contributed by atoms with Crippen LogP contribution in [0.1, 0.15) is 40.5 Å². The van der Waals surface area contributed by atoms with Gasteiger partial charge in [0.15, 0.2) is 12.4 Å². The Labute approximate surface area is 116 Å². The predicted octanol–water partition coefficient (Wildman–Crippen LogP) is 5.05. The van der Waals surface area contributed by atoms with E-state index < -0.39 is 6.08 Å². The van der Waals surface area contributed by atoms with Crippen LogP contribution in [0.2, 0.25) is 0 Å². The highest BCUT2D eigenvalue weighted by Gasteiger charge is 1.98. The quantitative estimate of drug-likeness (QED) is 0.534. The molecule has 0 radical (unpaired) electrons. The van der Waals surface area contributed by atoms with Crippen LogP contribution < -0.4 is 4.57 Å². The minimum atomic E-state index is -1.55. The summed E-state index contributed by atoms with van der Waals surface area (Å²) in [5.74, 6) is 0. The van der Waals surface area contributed by atoms with Crippen molar-refractivity contribution in [3.8, 4) is 0 Å². The Morgan fingerprint density at radius 3 is 1.74 bits per heavy atom. The van der Waals surface area contributed by atoms with E-state index in [2.05, 4.69) is 6.58 Å². The van der Waals surface area contributed by atoms with E-state index in [1.807, 2.05) is 63.0 Å². The Hall–Kier alpha value is -1.51. The molecule has 0 fully saturated rings. The first-order valence-corrected chi connectivity index (χ1v) is 6.49. The van der Waals surface area contributed by atoms with E-state index in [9.17, 15) is 8.78 Å². The summed E-state index contributed by atoms with van der Waals surface area (Å²) in [5, 5.41) is 0. The summed E-state index contributed by atoms with van der Waals surface area (Å²) >= 11 is 0. The molecule has 0 aromatic carbocycles. The van der Waals surface area contributed by atoms with Crippen molar-refractivity contribution in [1.82, 2.24) is 0 Å². The van der Waals surface area contributed by atoms with Crippen LogP contribution in [0.25, 0.3) is 0 Å². The molecule has 1 rings (SSSR count). The van der Waals surface area contributed by atoms with Crippen molar-refractivity contribution in [1.29, 1.82) is 0 Å². The lowest BCUT2D eigenvalue weighted by Crippen LogP contribution is -2.25. The average Bonchev–Trinajstić information content (AvgIpc) is 2.39. The number of nitrogens with zero attached hydrogens (tertiary/aromatic N) is 1. The Kier molecular flexibility index (Phi) is 13.5. The number of pyridine rings is 1. The number of rotatable bonds is 3. The fourth-order valence-electron chi connectivity index (χ4n) is 0.980. The third-order valence-corrected chi connectivity index (χ3v) is 2.11. The predicted molar refractivity (Wildman–Crippen MR) is 77.9 cm³/mol. The number of hydrogen-bond acceptors (Lipinski definition) is 0. The lowest BCUT2D eigenvalue weighted by molar-refractivity contribution is -0.671. The van der Waals surface area contributed by atoms with Gasteiger partial charge in [-0.1, -0.05) is 25.5 Å². The third kappa shape index (κ3) is 14.4. The molecular weight excluding hydrogens is 244 g/mol. The summed E-state index contributed by atoms with van der Waals surface area (Å²) in [6, 6.07) is 6.00. The first-order valence-electron chi connectivity index (χ1n) is 6.49. The van der Waals surface area contributed by atoms with Gasteiger partial charge in [0.25, 0.3) is 6.08 Å². The summed E-state index contributed by atoms with van der Waals surface area (Å²) in [6.07, 6.45) is 3.53. The van der Waals surface area contributed by atoms with Crippen LogP contribution in [0.3, 0.4) is 0 Å². The van der Waals surface area contributed by atoms with Crippen molar-refractivity contribution in [2.75, 3.05) is 0 Å². The molecule has 1 nitrogen and oxygen atoms in total. The van der Waals surface area contributed by atoms with Gasteiger partial charge in [-0.15, -0.1) is 6.58 Å². The number of hydrogen-bond donors (Lipinski definition) is 0. The fraction of sp³-hybridized carbons (Fsp3) is 0.438. The smallest absolute Gasteiger partial charge is 0.208 e. The Morgan fingerprint density at radius 2 is 1.47 bits per heavy atom. The molecule has 0 aliphatic heterocycles. The van der Waals surface area contributed by atoms with Gasteiger partial charge in [0.1, 0.15) is 7.05 Å². The van der Waals surface area contributed by atoms with Gasteiger partial charge in [0.05, 0.1) is 0 Å². The standard InChI is InChI=1S/C8H12F2.C6H8N.C2H6/c1-6(2)4-5-7(3)8(9)10;1-7-5-3-2-4-6-7;1-2/h1,4-5H2,2-3H3;2-6H,1H3;1-2H3/q;+1;. The molecule has 0 spiro atoms. The lowest BCUT2D eigenvalue weighted by atomic mass is 10.1. The summed E-state index contributed by atoms with van der Waals surface area (Å²) in [4.78, 5) is 0. The zero-order valence-corrected chi connectivity index (χ0v) is 12.7. The highest BCUT2D eigenvalue weighted by atomic mass is 19.3. The van der Waals surface area contributed by atoms with Crippen molar-refractivity contribution in [3.05, 3.63) is 54.4 Å². The number of halogens is 2. The van der Waals surface area contributed by atoms with E-state index >= 15 is 0 Å². The molecule has 108 valence electrons. The first-order chi connectivity index (χ1) is 8.93. The van der Waals surface area contributed by atoms with Gasteiger partial charge in [0.2, 0.25) is 0 Å². The highest BCUT2D eigenvalue weighted by Crippen LogP contribution is 2.14. The Bertz CT molecular complexity index is 366. The van der Waals surface area contributed by atoms with Gasteiger partial charge in [-0.3, -0.25) is 0 Å². The molecule has 0 saturated carbocycles. The lowest BCUT2D eigenvalue weighted by Gasteiger charge is -1.97. The van der Waals surface area contributed by atoms with E-state index in [1.165, 1.54) is 6.92 Å². The zero-order valence-electron chi connectivity index (χ0n) is 12.7. The largest absolute Gasteiger partial charge is 0.269 e. The minimum Gasteiger partial charge on any atom is -0.208 e. The van der Waals surface area contributed by atoms with Gasteiger partial charge in [-0.2, -0.15) is 8.78 Å². The van der Waals surface area contributed by atoms with E-state index in [0.717, 1.165) is 5.57 Å². The fourth-order valence-corrected chi connectivity index (χ4v) is 0.980. The van der Waals surface area contributed by atoms with Crippen LogP contribution in [0, 0.1) is 0 Å². The molecule has 0 unspecified atom stereocenters. The highest BCUT2D eigenvalue weighted by molar-refractivity contribution is 5.02. The average molecular weight is 270 g/mol. The summed E-state index contributed by atoms with van der Waals surface area (Å²) in [5.41, 5.74) is 1.11. The molecule has 0 saturated heterocycles. The van der Waals surface area contributed by atoms with Gasteiger partial charge in [-0.25, -0.2) is 4.57 Å². The summed E-state index contributed by atoms with van der Waals surface area (Å²) < 4.78 is 25.5. The summed E-state index contributed by atoms with van der Waals surface area (Å²) in [6.45, 7) is 10.9. The van der Waals surface area contributed by atoms with Crippen molar-refractivity contribution >= 4 is 0 Å². The van der Waals surface area contributed by atoms with Crippen LogP contribution in [-0.2, 0) is 7.05 Å². The first kappa shape index (κ1) is 19.8. The second kappa shape index (κ2) is 12.9. The van der Waals surface area contributed by atoms with Crippen molar-refractivity contribution in [2.45, 2.75) is 40.5 Å². The monoisotopic (exact) mass is 270 g/mol. The van der Waals surface area contributed by atoms with Crippen LogP contribution in [0.4, 0.5) is 8.78 Å². The second-order valence-corrected chi connectivity index (χ2v) is 4.04. The number of aromatic nitrogens is 1. The second-order valence-electron chi connectivity index (χ2n) is 4.04. The topological polar surface area (TPSA) is 3.88 Å². The van der Waals surface area contributed by atoms with Crippen molar-refractivity contribution < 1.29 is 13.3 Å². The summed E-state index contributed by atoms with van der Waals surface area (Å²) in [7, 11) is 2.00. The molecule has 0 bridgehead atoms. The van der Waals surface area contributed by atoms with Crippen LogP contribution >= 0.6 is 0 Å². The number of aryl methyl sites for hydroxylation is 1. The maximum atomic E-state index is 11.7. The van der Waals surface area contributed by atoms with Gasteiger partial charge >= 0.3 is 0 Å².